The Morgan fingerprint density at radius 2 is 1.84 bits per heavy atom. The van der Waals surface area contributed by atoms with Gasteiger partial charge in [0.2, 0.25) is 0 Å². The molecule has 0 radical (unpaired) electrons. The molecule has 0 aliphatic heterocycles. The Labute approximate surface area is 188 Å². The smallest absolute Gasteiger partial charge is 0.305 e. The average Bonchev–Trinajstić information content (AvgIpc) is 3.06. The van der Waals surface area contributed by atoms with Gasteiger partial charge in [-0.1, -0.05) is 27.7 Å². The minimum atomic E-state index is -0.346. The Balaban J connectivity index is 1.63. The van der Waals surface area contributed by atoms with Crippen molar-refractivity contribution in [3.8, 4) is 0 Å². The lowest BCUT2D eigenvalue weighted by molar-refractivity contribution is -0.227. The van der Waals surface area contributed by atoms with Gasteiger partial charge in [0.1, 0.15) is 0 Å². The molecule has 4 saturated carbocycles. The second kappa shape index (κ2) is 7.99. The Kier molecular flexibility index (Phi) is 6.06. The normalized spacial score (nSPS) is 52.6. The zero-order valence-electron chi connectivity index (χ0n) is 20.3. The molecular weight excluding hydrogens is 390 g/mol. The SMILES string of the molecule is COC(=O)CC[C@@H](C)[C@H]1CC[C@H]2[C@@H]3[C@H](N)C[C@@H]4C[C@H](O)CC[C@]4(C)[C@@]3(C)C[C@H](O)[C@]12C. The highest BCUT2D eigenvalue weighted by molar-refractivity contribution is 5.69. The van der Waals surface area contributed by atoms with Gasteiger partial charge in [-0.25, -0.2) is 0 Å². The first-order chi connectivity index (χ1) is 14.5. The van der Waals surface area contributed by atoms with Crippen molar-refractivity contribution in [1.82, 2.24) is 0 Å². The molecule has 0 heterocycles. The second-order valence-corrected chi connectivity index (χ2v) is 12.4. The molecule has 31 heavy (non-hydrogen) atoms. The van der Waals surface area contributed by atoms with Crippen molar-refractivity contribution in [2.45, 2.75) is 104 Å². The fourth-order valence-corrected chi connectivity index (χ4v) is 9.41. The predicted molar refractivity (Wildman–Crippen MR) is 121 cm³/mol. The monoisotopic (exact) mass is 435 g/mol. The summed E-state index contributed by atoms with van der Waals surface area (Å²) in [4.78, 5) is 11.7. The number of fused-ring (bicyclic) bond motifs is 5. The van der Waals surface area contributed by atoms with E-state index in [0.29, 0.717) is 36.0 Å². The first-order valence-electron chi connectivity index (χ1n) is 12.7. The Bertz CT molecular complexity index is 699. The highest BCUT2D eigenvalue weighted by atomic mass is 16.5. The summed E-state index contributed by atoms with van der Waals surface area (Å²) < 4.78 is 4.86. The van der Waals surface area contributed by atoms with E-state index < -0.39 is 0 Å². The molecular formula is C26H45NO4. The van der Waals surface area contributed by atoms with Gasteiger partial charge >= 0.3 is 5.97 Å². The molecule has 4 aliphatic rings. The molecule has 5 heteroatoms. The van der Waals surface area contributed by atoms with Gasteiger partial charge in [-0.15, -0.1) is 0 Å². The fraction of sp³-hybridized carbons (Fsp3) is 0.962. The molecule has 0 unspecified atom stereocenters. The maximum absolute atomic E-state index is 11.7. The average molecular weight is 436 g/mol. The third kappa shape index (κ3) is 3.32. The van der Waals surface area contributed by atoms with E-state index in [4.69, 9.17) is 10.5 Å². The first kappa shape index (κ1) is 23.5. The molecule has 4 N–H and O–H groups in total. The quantitative estimate of drug-likeness (QED) is 0.583. The number of carbonyl (C=O) groups is 1. The van der Waals surface area contributed by atoms with Gasteiger partial charge in [0.25, 0.3) is 0 Å². The zero-order valence-corrected chi connectivity index (χ0v) is 20.3. The molecule has 0 spiro atoms. The maximum Gasteiger partial charge on any atom is 0.305 e. The van der Waals surface area contributed by atoms with Gasteiger partial charge in [-0.3, -0.25) is 4.79 Å². The predicted octanol–water partition coefficient (Wildman–Crippen LogP) is 3.89. The lowest BCUT2D eigenvalue weighted by atomic mass is 9.37. The molecule has 178 valence electrons. The third-order valence-corrected chi connectivity index (χ3v) is 11.4. The van der Waals surface area contributed by atoms with Crippen LogP contribution in [0.15, 0.2) is 0 Å². The van der Waals surface area contributed by atoms with Crippen LogP contribution in [-0.4, -0.2) is 41.5 Å². The summed E-state index contributed by atoms with van der Waals surface area (Å²) in [5.41, 5.74) is 6.95. The van der Waals surface area contributed by atoms with Crippen molar-refractivity contribution in [1.29, 1.82) is 0 Å². The van der Waals surface area contributed by atoms with Crippen LogP contribution in [0.3, 0.4) is 0 Å². The van der Waals surface area contributed by atoms with Crippen molar-refractivity contribution in [2.75, 3.05) is 7.11 Å². The summed E-state index contributed by atoms with van der Waals surface area (Å²) in [5.74, 6) is 1.92. The van der Waals surface area contributed by atoms with Crippen LogP contribution < -0.4 is 5.73 Å². The molecule has 4 rings (SSSR count). The van der Waals surface area contributed by atoms with Crippen molar-refractivity contribution in [2.24, 2.45) is 51.6 Å². The molecule has 0 aromatic carbocycles. The van der Waals surface area contributed by atoms with Gasteiger partial charge in [-0.05, 0) is 97.2 Å². The zero-order chi connectivity index (χ0) is 22.8. The summed E-state index contributed by atoms with van der Waals surface area (Å²) in [6.07, 6.45) is 7.53. The molecule has 0 saturated heterocycles. The lowest BCUT2D eigenvalue weighted by Gasteiger charge is -2.69. The summed E-state index contributed by atoms with van der Waals surface area (Å²) >= 11 is 0. The van der Waals surface area contributed by atoms with Gasteiger partial charge in [0.05, 0.1) is 19.3 Å². The summed E-state index contributed by atoms with van der Waals surface area (Å²) in [5, 5.41) is 22.1. The lowest BCUT2D eigenvalue weighted by Crippen LogP contribution is -2.68. The Morgan fingerprint density at radius 1 is 1.13 bits per heavy atom. The maximum atomic E-state index is 11.7. The van der Waals surface area contributed by atoms with Gasteiger partial charge < -0.3 is 20.7 Å². The van der Waals surface area contributed by atoms with Gasteiger partial charge in [-0.2, -0.15) is 0 Å². The van der Waals surface area contributed by atoms with E-state index in [2.05, 4.69) is 27.7 Å². The summed E-state index contributed by atoms with van der Waals surface area (Å²) in [6.45, 7) is 9.42. The summed E-state index contributed by atoms with van der Waals surface area (Å²) in [7, 11) is 1.45. The van der Waals surface area contributed by atoms with Crippen LogP contribution in [0.4, 0.5) is 0 Å². The Morgan fingerprint density at radius 3 is 2.52 bits per heavy atom. The van der Waals surface area contributed by atoms with E-state index >= 15 is 0 Å². The van der Waals surface area contributed by atoms with Gasteiger partial charge in [0.15, 0.2) is 0 Å². The van der Waals surface area contributed by atoms with E-state index in [9.17, 15) is 15.0 Å². The van der Waals surface area contributed by atoms with Crippen LogP contribution in [0.25, 0.3) is 0 Å². The highest BCUT2D eigenvalue weighted by Gasteiger charge is 2.69. The van der Waals surface area contributed by atoms with E-state index in [1.54, 1.807) is 0 Å². The van der Waals surface area contributed by atoms with Crippen LogP contribution >= 0.6 is 0 Å². The highest BCUT2D eigenvalue weighted by Crippen LogP contribution is 2.72. The minimum absolute atomic E-state index is 0.00319. The van der Waals surface area contributed by atoms with Gasteiger partial charge in [0, 0.05) is 12.5 Å². The number of carbonyl (C=O) groups excluding carboxylic acids is 1. The van der Waals surface area contributed by atoms with Crippen molar-refractivity contribution < 1.29 is 19.7 Å². The van der Waals surface area contributed by atoms with Crippen LogP contribution in [-0.2, 0) is 9.53 Å². The number of aliphatic hydroxyl groups excluding tert-OH is 2. The van der Waals surface area contributed by atoms with E-state index in [0.717, 1.165) is 51.4 Å². The number of aliphatic hydroxyl groups is 2. The standard InChI is InChI=1S/C26H45NO4/c1-15(6-9-22(30)31-5)18-7-8-19-23-20(27)13-16-12-17(28)10-11-24(16,2)25(23,3)14-21(29)26(18,19)4/h15-21,23,28-29H,6-14,27H2,1-5H3/t15-,16+,17-,18-,19+,20-,21+,23-,24+,25+,26-/m1/s1. The molecule has 0 amide bonds. The topological polar surface area (TPSA) is 92.8 Å². The molecule has 11 atom stereocenters. The minimum Gasteiger partial charge on any atom is -0.469 e. The number of ether oxygens (including phenoxy) is 1. The second-order valence-electron chi connectivity index (χ2n) is 12.4. The van der Waals surface area contributed by atoms with E-state index in [1.807, 2.05) is 0 Å². The van der Waals surface area contributed by atoms with Crippen molar-refractivity contribution in [3.63, 3.8) is 0 Å². The summed E-state index contributed by atoms with van der Waals surface area (Å²) in [6, 6.07) is 0.134. The number of nitrogens with two attached hydrogens (primary N) is 1. The number of hydrogen-bond donors (Lipinski definition) is 3. The molecule has 4 aliphatic carbocycles. The number of rotatable bonds is 4. The van der Waals surface area contributed by atoms with Crippen molar-refractivity contribution >= 4 is 5.97 Å². The van der Waals surface area contributed by atoms with Crippen molar-refractivity contribution in [3.05, 3.63) is 0 Å². The van der Waals surface area contributed by atoms with Crippen LogP contribution in [0.2, 0.25) is 0 Å². The van der Waals surface area contributed by atoms with Crippen LogP contribution in [0, 0.1) is 45.8 Å². The molecule has 0 aromatic heterocycles. The molecule has 0 bridgehead atoms. The molecule has 0 aromatic rings. The number of esters is 1. The van der Waals surface area contributed by atoms with E-state index in [1.165, 1.54) is 7.11 Å². The Hall–Kier alpha value is -0.650. The van der Waals surface area contributed by atoms with E-state index in [-0.39, 0.29) is 40.5 Å². The molecule has 5 nitrogen and oxygen atoms in total. The third-order valence-electron chi connectivity index (χ3n) is 11.4. The first-order valence-corrected chi connectivity index (χ1v) is 12.7. The van der Waals surface area contributed by atoms with Crippen LogP contribution in [0.1, 0.15) is 85.5 Å². The fourth-order valence-electron chi connectivity index (χ4n) is 9.41. The largest absolute Gasteiger partial charge is 0.469 e. The molecule has 4 fully saturated rings. The number of methoxy groups -OCH3 is 1. The van der Waals surface area contributed by atoms with Crippen LogP contribution in [0.5, 0.6) is 0 Å². The number of hydrogen-bond acceptors (Lipinski definition) is 5.